The van der Waals surface area contributed by atoms with Gasteiger partial charge in [0.25, 0.3) is 5.23 Å². The average Bonchev–Trinajstić information content (AvgIpc) is 2.68. The summed E-state index contributed by atoms with van der Waals surface area (Å²) in [6.45, 7) is 5.61. The monoisotopic (exact) mass is 522 g/mol. The Kier molecular flexibility index (Phi) is 9.04. The smallest absolute Gasteiger partial charge is 0.391 e. The standard InChI is InChI=1S/C19H25BrF2N2O4SSi/c1-30(2,3)7-6-27-12-23-17(26)28-18-24-19(11-21,9-14(10-25)29-18)15-8-13(20)4-5-16(15)22/h4-5,8-9,25H,6-7,10-12H2,1-3H3,(H,23,26). The molecule has 0 aromatic heterocycles. The lowest BCUT2D eigenvalue weighted by molar-refractivity contribution is 0.120. The van der Waals surface area contributed by atoms with E-state index in [0.717, 1.165) is 17.8 Å². The maximum Gasteiger partial charge on any atom is 0.416 e. The zero-order valence-electron chi connectivity index (χ0n) is 17.0. The lowest BCUT2D eigenvalue weighted by Gasteiger charge is -2.29. The van der Waals surface area contributed by atoms with Crippen molar-refractivity contribution in [2.45, 2.75) is 31.2 Å². The molecule has 0 radical (unpaired) electrons. The first-order valence-corrected chi connectivity index (χ1v) is 14.6. The normalized spacial score (nSPS) is 19.2. The van der Waals surface area contributed by atoms with Crippen molar-refractivity contribution < 1.29 is 28.2 Å². The summed E-state index contributed by atoms with van der Waals surface area (Å²) in [6, 6.07) is 5.03. The summed E-state index contributed by atoms with van der Waals surface area (Å²) >= 11 is 4.11. The number of benzene rings is 1. The topological polar surface area (TPSA) is 80.2 Å². The largest absolute Gasteiger partial charge is 0.416 e. The number of amides is 1. The van der Waals surface area contributed by atoms with Gasteiger partial charge in [0.15, 0.2) is 0 Å². The van der Waals surface area contributed by atoms with Gasteiger partial charge in [-0.25, -0.2) is 18.6 Å². The van der Waals surface area contributed by atoms with E-state index in [1.165, 1.54) is 24.3 Å². The Bertz CT molecular complexity index is 835. The Balaban J connectivity index is 2.11. The maximum absolute atomic E-state index is 14.4. The van der Waals surface area contributed by atoms with Gasteiger partial charge in [-0.15, -0.1) is 0 Å². The second-order valence-electron chi connectivity index (χ2n) is 7.86. The molecule has 2 rings (SSSR count). The Labute approximate surface area is 188 Å². The molecule has 1 aliphatic heterocycles. The number of halogens is 3. The van der Waals surface area contributed by atoms with Gasteiger partial charge in [0, 0.05) is 29.6 Å². The summed E-state index contributed by atoms with van der Waals surface area (Å²) < 4.78 is 39.7. The van der Waals surface area contributed by atoms with Crippen LogP contribution >= 0.6 is 27.7 Å². The summed E-state index contributed by atoms with van der Waals surface area (Å²) in [5.41, 5.74) is -1.79. The molecule has 1 aromatic rings. The molecule has 0 bridgehead atoms. The van der Waals surface area contributed by atoms with Crippen LogP contribution < -0.4 is 5.32 Å². The van der Waals surface area contributed by atoms with Crippen molar-refractivity contribution in [3.8, 4) is 0 Å². The van der Waals surface area contributed by atoms with Gasteiger partial charge in [-0.2, -0.15) is 0 Å². The zero-order valence-corrected chi connectivity index (χ0v) is 20.4. The lowest BCUT2D eigenvalue weighted by atomic mass is 9.90. The highest BCUT2D eigenvalue weighted by Crippen LogP contribution is 2.40. The lowest BCUT2D eigenvalue weighted by Crippen LogP contribution is -2.34. The van der Waals surface area contributed by atoms with E-state index in [4.69, 9.17) is 9.47 Å². The number of thioether (sulfide) groups is 1. The molecule has 2 N–H and O–H groups in total. The molecule has 6 nitrogen and oxygen atoms in total. The van der Waals surface area contributed by atoms with E-state index in [0.29, 0.717) is 11.1 Å². The van der Waals surface area contributed by atoms with Crippen LogP contribution in [0.5, 0.6) is 0 Å². The van der Waals surface area contributed by atoms with E-state index in [1.54, 1.807) is 0 Å². The van der Waals surface area contributed by atoms with Gasteiger partial charge in [-0.1, -0.05) is 35.6 Å². The first-order valence-electron chi connectivity index (χ1n) is 9.24. The van der Waals surface area contributed by atoms with Crippen molar-refractivity contribution in [3.05, 3.63) is 45.0 Å². The van der Waals surface area contributed by atoms with Crippen LogP contribution in [0.2, 0.25) is 25.7 Å². The van der Waals surface area contributed by atoms with Crippen molar-refractivity contribution >= 4 is 47.1 Å². The van der Waals surface area contributed by atoms with E-state index in [9.17, 15) is 18.7 Å². The Morgan fingerprint density at radius 1 is 1.40 bits per heavy atom. The predicted octanol–water partition coefficient (Wildman–Crippen LogP) is 4.77. The Hall–Kier alpha value is -1.27. The van der Waals surface area contributed by atoms with Gasteiger partial charge in [0.1, 0.15) is 24.8 Å². The van der Waals surface area contributed by atoms with Crippen LogP contribution in [0, 0.1) is 5.82 Å². The summed E-state index contributed by atoms with van der Waals surface area (Å²) in [7, 11) is -1.23. The van der Waals surface area contributed by atoms with E-state index in [2.05, 4.69) is 45.9 Å². The third-order valence-electron chi connectivity index (χ3n) is 4.16. The van der Waals surface area contributed by atoms with Gasteiger partial charge >= 0.3 is 6.09 Å². The third-order valence-corrected chi connectivity index (χ3v) is 7.21. The number of rotatable bonds is 8. The van der Waals surface area contributed by atoms with Crippen molar-refractivity contribution in [2.24, 2.45) is 4.99 Å². The molecule has 166 valence electrons. The van der Waals surface area contributed by atoms with Crippen LogP contribution in [-0.2, 0) is 15.0 Å². The van der Waals surface area contributed by atoms with Crippen LogP contribution in [0.1, 0.15) is 5.56 Å². The molecule has 0 aliphatic carbocycles. The molecule has 11 heteroatoms. The van der Waals surface area contributed by atoms with Gasteiger partial charge in [-0.05, 0) is 42.1 Å². The maximum atomic E-state index is 14.4. The van der Waals surface area contributed by atoms with E-state index in [1.807, 2.05) is 0 Å². The minimum absolute atomic E-state index is 0.0400. The van der Waals surface area contributed by atoms with Crippen molar-refractivity contribution in [1.29, 1.82) is 0 Å². The fourth-order valence-corrected chi connectivity index (χ4v) is 4.52. The van der Waals surface area contributed by atoms with Gasteiger partial charge in [-0.3, -0.25) is 5.32 Å². The molecule has 1 aliphatic rings. The third kappa shape index (κ3) is 7.15. The average molecular weight is 523 g/mol. The molecular weight excluding hydrogens is 498 g/mol. The number of hydrogen-bond acceptors (Lipinski definition) is 6. The molecular formula is C19H25BrF2N2O4SSi. The molecule has 1 atom stereocenters. The number of hydrogen-bond donors (Lipinski definition) is 2. The highest BCUT2D eigenvalue weighted by molar-refractivity contribution is 9.10. The quantitative estimate of drug-likeness (QED) is 0.292. The fourth-order valence-electron chi connectivity index (χ4n) is 2.53. The number of aliphatic hydroxyl groups is 1. The summed E-state index contributed by atoms with van der Waals surface area (Å²) in [5.74, 6) is -0.667. The molecule has 0 saturated carbocycles. The number of carbonyl (C=O) groups is 1. The van der Waals surface area contributed by atoms with E-state index >= 15 is 0 Å². The number of nitrogens with one attached hydrogen (secondary N) is 1. The second kappa shape index (κ2) is 10.8. The SMILES string of the molecule is C[Si](C)(C)CCOCNC(=O)OC1=NC(CF)(c2cc(Br)ccc2F)C=C(CO)S1. The minimum atomic E-state index is -1.75. The van der Waals surface area contributed by atoms with E-state index in [-0.39, 0.29) is 22.4 Å². The second-order valence-corrected chi connectivity index (χ2v) is 15.5. The van der Waals surface area contributed by atoms with Gasteiger partial charge < -0.3 is 14.6 Å². The number of alkyl carbamates (subject to hydrolysis) is 1. The van der Waals surface area contributed by atoms with Crippen LogP contribution in [-0.4, -0.2) is 51.1 Å². The van der Waals surface area contributed by atoms with Crippen LogP contribution in [0.15, 0.2) is 38.6 Å². The Morgan fingerprint density at radius 3 is 2.77 bits per heavy atom. The number of aliphatic hydroxyl groups excluding tert-OH is 1. The van der Waals surface area contributed by atoms with Crippen molar-refractivity contribution in [1.82, 2.24) is 5.32 Å². The summed E-state index contributed by atoms with van der Waals surface area (Å²) in [6.07, 6.45) is 0.503. The van der Waals surface area contributed by atoms with Gasteiger partial charge in [0.2, 0.25) is 0 Å². The number of nitrogens with zero attached hydrogens (tertiary/aromatic N) is 1. The summed E-state index contributed by atoms with van der Waals surface area (Å²) in [5, 5.41) is 11.8. The zero-order chi connectivity index (χ0) is 22.4. The minimum Gasteiger partial charge on any atom is -0.391 e. The molecule has 1 heterocycles. The first kappa shape index (κ1) is 25.0. The number of alkyl halides is 1. The first-order chi connectivity index (χ1) is 14.1. The van der Waals surface area contributed by atoms with Crippen molar-refractivity contribution in [3.63, 3.8) is 0 Å². The molecule has 0 fully saturated rings. The highest BCUT2D eigenvalue weighted by atomic mass is 79.9. The molecule has 1 amide bonds. The van der Waals surface area contributed by atoms with Crippen molar-refractivity contribution in [2.75, 3.05) is 26.6 Å². The predicted molar refractivity (Wildman–Crippen MR) is 121 cm³/mol. The van der Waals surface area contributed by atoms with Crippen LogP contribution in [0.3, 0.4) is 0 Å². The fraction of sp³-hybridized carbons (Fsp3) is 0.474. The number of ether oxygens (including phenoxy) is 2. The number of carbonyl (C=O) groups excluding carboxylic acids is 1. The van der Waals surface area contributed by atoms with Crippen LogP contribution in [0.4, 0.5) is 13.6 Å². The van der Waals surface area contributed by atoms with E-state index < -0.39 is 38.8 Å². The van der Waals surface area contributed by atoms with Gasteiger partial charge in [0.05, 0.1) is 6.61 Å². The molecule has 0 spiro atoms. The van der Waals surface area contributed by atoms with Crippen LogP contribution in [0.25, 0.3) is 0 Å². The Morgan fingerprint density at radius 2 is 2.13 bits per heavy atom. The highest BCUT2D eigenvalue weighted by Gasteiger charge is 2.38. The molecule has 1 unspecified atom stereocenters. The summed E-state index contributed by atoms with van der Waals surface area (Å²) in [4.78, 5) is 16.5. The molecule has 0 saturated heterocycles. The molecule has 30 heavy (non-hydrogen) atoms. The number of aliphatic imine (C=N–C) groups is 1. The molecule has 1 aromatic carbocycles.